The predicted molar refractivity (Wildman–Crippen MR) is 103 cm³/mol. The summed E-state index contributed by atoms with van der Waals surface area (Å²) in [5.41, 5.74) is 1.75. The van der Waals surface area contributed by atoms with E-state index in [9.17, 15) is 9.59 Å². The number of hydrogen-bond acceptors (Lipinski definition) is 2. The van der Waals surface area contributed by atoms with Gasteiger partial charge in [0.2, 0.25) is 5.91 Å². The molecule has 2 aromatic carbocycles. The molecule has 1 N–H and O–H groups in total. The zero-order chi connectivity index (χ0) is 18.1. The van der Waals surface area contributed by atoms with Gasteiger partial charge in [0.05, 0.1) is 0 Å². The number of anilines is 1. The van der Waals surface area contributed by atoms with Crippen LogP contribution >= 0.6 is 0 Å². The number of Topliss-reactive ketones (excluding diaryl/α,β-unsaturated/α-hetero) is 1. The second kappa shape index (κ2) is 9.38. The second-order valence-electron chi connectivity index (χ2n) is 6.04. The molecule has 0 radical (unpaired) electrons. The number of nitrogens with one attached hydrogen (secondary N) is 1. The fourth-order valence-corrected chi connectivity index (χ4v) is 2.32. The highest BCUT2D eigenvalue weighted by molar-refractivity contribution is 6.09. The van der Waals surface area contributed by atoms with Crippen molar-refractivity contribution in [1.82, 2.24) is 0 Å². The summed E-state index contributed by atoms with van der Waals surface area (Å²) in [6.45, 7) is 3.61. The number of para-hydroxylation sites is 1. The van der Waals surface area contributed by atoms with Crippen molar-refractivity contribution in [2.24, 2.45) is 11.8 Å². The minimum absolute atomic E-state index is 0.0993. The fraction of sp³-hybridized carbons (Fsp3) is 0.182. The standard InChI is InChI=1S/C22H23NO2/c1-17(2)21(24)20(22(25)23-19-14-7-4-8-15-19)16-10-9-13-18-11-5-3-6-12-18/h3-17,20H,1-2H3,(H,23,25). The largest absolute Gasteiger partial charge is 0.325 e. The Labute approximate surface area is 149 Å². The highest BCUT2D eigenvalue weighted by Crippen LogP contribution is 2.14. The molecule has 3 heteroatoms. The minimum Gasteiger partial charge on any atom is -0.325 e. The molecular formula is C22H23NO2. The third kappa shape index (κ3) is 5.88. The number of benzene rings is 2. The molecule has 2 aromatic rings. The molecule has 1 atom stereocenters. The van der Waals surface area contributed by atoms with Gasteiger partial charge in [-0.2, -0.15) is 0 Å². The van der Waals surface area contributed by atoms with Crippen LogP contribution in [-0.2, 0) is 9.59 Å². The van der Waals surface area contributed by atoms with Crippen molar-refractivity contribution in [3.63, 3.8) is 0 Å². The Morgan fingerprint density at radius 2 is 1.48 bits per heavy atom. The van der Waals surface area contributed by atoms with Crippen molar-refractivity contribution in [2.45, 2.75) is 13.8 Å². The Balaban J connectivity index is 2.10. The average Bonchev–Trinajstić information content (AvgIpc) is 2.62. The lowest BCUT2D eigenvalue weighted by atomic mass is 9.93. The molecule has 0 bridgehead atoms. The Bertz CT molecular complexity index is 746. The molecule has 0 aliphatic heterocycles. The van der Waals surface area contributed by atoms with Crippen molar-refractivity contribution in [2.75, 3.05) is 5.32 Å². The van der Waals surface area contributed by atoms with Crippen molar-refractivity contribution in [3.8, 4) is 0 Å². The van der Waals surface area contributed by atoms with Crippen molar-refractivity contribution in [1.29, 1.82) is 0 Å². The molecule has 1 amide bonds. The lowest BCUT2D eigenvalue weighted by molar-refractivity contribution is -0.131. The smallest absolute Gasteiger partial charge is 0.238 e. The maximum atomic E-state index is 12.5. The highest BCUT2D eigenvalue weighted by atomic mass is 16.2. The summed E-state index contributed by atoms with van der Waals surface area (Å²) in [5.74, 6) is -1.43. The van der Waals surface area contributed by atoms with Crippen LogP contribution in [-0.4, -0.2) is 11.7 Å². The van der Waals surface area contributed by atoms with Crippen LogP contribution in [0.15, 0.2) is 78.9 Å². The molecule has 25 heavy (non-hydrogen) atoms. The molecule has 0 aromatic heterocycles. The monoisotopic (exact) mass is 333 g/mol. The van der Waals surface area contributed by atoms with Crippen molar-refractivity contribution < 1.29 is 9.59 Å². The second-order valence-corrected chi connectivity index (χ2v) is 6.04. The normalized spacial score (nSPS) is 12.6. The van der Waals surface area contributed by atoms with E-state index in [1.807, 2.05) is 60.7 Å². The zero-order valence-electron chi connectivity index (χ0n) is 14.6. The van der Waals surface area contributed by atoms with Gasteiger partial charge in [0.15, 0.2) is 5.78 Å². The molecule has 0 heterocycles. The zero-order valence-corrected chi connectivity index (χ0v) is 14.6. The van der Waals surface area contributed by atoms with Gasteiger partial charge in [-0.25, -0.2) is 0 Å². The van der Waals surface area contributed by atoms with Gasteiger partial charge in [-0.1, -0.05) is 86.7 Å². The first kappa shape index (κ1) is 18.4. The SMILES string of the molecule is CC(C)C(=O)C(C=CC=Cc1ccccc1)C(=O)Nc1ccccc1. The summed E-state index contributed by atoms with van der Waals surface area (Å²) in [6, 6.07) is 19.0. The third-order valence-electron chi connectivity index (χ3n) is 3.70. The van der Waals surface area contributed by atoms with E-state index in [0.717, 1.165) is 5.56 Å². The van der Waals surface area contributed by atoms with E-state index in [-0.39, 0.29) is 17.6 Å². The Morgan fingerprint density at radius 3 is 2.08 bits per heavy atom. The summed E-state index contributed by atoms with van der Waals surface area (Å²) in [7, 11) is 0. The summed E-state index contributed by atoms with van der Waals surface area (Å²) >= 11 is 0. The van der Waals surface area contributed by atoms with Crippen LogP contribution in [0.3, 0.4) is 0 Å². The van der Waals surface area contributed by atoms with Gasteiger partial charge < -0.3 is 5.32 Å². The number of ketones is 1. The van der Waals surface area contributed by atoms with Crippen LogP contribution in [0.25, 0.3) is 6.08 Å². The predicted octanol–water partition coefficient (Wildman–Crippen LogP) is 4.74. The maximum Gasteiger partial charge on any atom is 0.238 e. The van der Waals surface area contributed by atoms with Gasteiger partial charge >= 0.3 is 0 Å². The molecule has 2 rings (SSSR count). The van der Waals surface area contributed by atoms with Gasteiger partial charge in [0.1, 0.15) is 5.92 Å². The van der Waals surface area contributed by atoms with Crippen molar-refractivity contribution in [3.05, 3.63) is 84.5 Å². The summed E-state index contributed by atoms with van der Waals surface area (Å²) in [6.07, 6.45) is 7.18. The lowest BCUT2D eigenvalue weighted by Crippen LogP contribution is -2.30. The molecule has 0 spiro atoms. The van der Waals surface area contributed by atoms with Gasteiger partial charge in [0.25, 0.3) is 0 Å². The first-order chi connectivity index (χ1) is 12.1. The summed E-state index contributed by atoms with van der Waals surface area (Å²) in [4.78, 5) is 24.9. The molecule has 0 fully saturated rings. The third-order valence-corrected chi connectivity index (χ3v) is 3.70. The topological polar surface area (TPSA) is 46.2 Å². The Kier molecular flexibility index (Phi) is 6.90. The van der Waals surface area contributed by atoms with Gasteiger partial charge in [-0.3, -0.25) is 9.59 Å². The van der Waals surface area contributed by atoms with Crippen LogP contribution < -0.4 is 5.32 Å². The van der Waals surface area contributed by atoms with Crippen LogP contribution in [0.2, 0.25) is 0 Å². The summed E-state index contributed by atoms with van der Waals surface area (Å²) < 4.78 is 0. The molecule has 0 aliphatic rings. The Morgan fingerprint density at radius 1 is 0.880 bits per heavy atom. The maximum absolute atomic E-state index is 12.5. The van der Waals surface area contributed by atoms with Crippen LogP contribution in [0.5, 0.6) is 0 Å². The van der Waals surface area contributed by atoms with Crippen molar-refractivity contribution >= 4 is 23.5 Å². The molecule has 128 valence electrons. The minimum atomic E-state index is -0.805. The van der Waals surface area contributed by atoms with Crippen LogP contribution in [0.1, 0.15) is 19.4 Å². The summed E-state index contributed by atoms with van der Waals surface area (Å²) in [5, 5.41) is 2.80. The lowest BCUT2D eigenvalue weighted by Gasteiger charge is -2.14. The molecular weight excluding hydrogens is 310 g/mol. The van der Waals surface area contributed by atoms with Crippen LogP contribution in [0.4, 0.5) is 5.69 Å². The van der Waals surface area contributed by atoms with E-state index in [1.54, 1.807) is 38.1 Å². The average molecular weight is 333 g/mol. The number of carbonyl (C=O) groups excluding carboxylic acids is 2. The van der Waals surface area contributed by atoms with E-state index < -0.39 is 5.92 Å². The van der Waals surface area contributed by atoms with Gasteiger partial charge in [0, 0.05) is 11.6 Å². The number of amides is 1. The fourth-order valence-electron chi connectivity index (χ4n) is 2.32. The van der Waals surface area contributed by atoms with E-state index >= 15 is 0 Å². The number of hydrogen-bond donors (Lipinski definition) is 1. The van der Waals surface area contributed by atoms with E-state index in [4.69, 9.17) is 0 Å². The first-order valence-corrected chi connectivity index (χ1v) is 8.37. The first-order valence-electron chi connectivity index (χ1n) is 8.37. The van der Waals surface area contributed by atoms with Gasteiger partial charge in [-0.05, 0) is 17.7 Å². The molecule has 1 unspecified atom stereocenters. The molecule has 0 aliphatic carbocycles. The van der Waals surface area contributed by atoms with E-state index in [1.165, 1.54) is 0 Å². The number of rotatable bonds is 7. The van der Waals surface area contributed by atoms with Gasteiger partial charge in [-0.15, -0.1) is 0 Å². The molecule has 0 saturated heterocycles. The Hall–Kier alpha value is -2.94. The highest BCUT2D eigenvalue weighted by Gasteiger charge is 2.25. The van der Waals surface area contributed by atoms with E-state index in [2.05, 4.69) is 5.32 Å². The number of carbonyl (C=O) groups is 2. The molecule has 0 saturated carbocycles. The quantitative estimate of drug-likeness (QED) is 0.588. The number of allylic oxidation sites excluding steroid dienone is 2. The van der Waals surface area contributed by atoms with E-state index in [0.29, 0.717) is 5.69 Å². The van der Waals surface area contributed by atoms with Crippen LogP contribution in [0, 0.1) is 11.8 Å². The molecule has 3 nitrogen and oxygen atoms in total.